The molecule has 2 rings (SSSR count). The van der Waals surface area contributed by atoms with Crippen molar-refractivity contribution in [2.75, 3.05) is 0 Å². The minimum atomic E-state index is -0.00407. The zero-order valence-electron chi connectivity index (χ0n) is 7.46. The summed E-state index contributed by atoms with van der Waals surface area (Å²) in [5, 5.41) is 12.5. The summed E-state index contributed by atoms with van der Waals surface area (Å²) in [4.78, 5) is 11.0. The Hall–Kier alpha value is -1.22. The van der Waals surface area contributed by atoms with Gasteiger partial charge in [-0.15, -0.1) is 0 Å². The van der Waals surface area contributed by atoms with Crippen LogP contribution < -0.4 is 5.32 Å². The Balaban J connectivity index is 2.28. The van der Waals surface area contributed by atoms with Crippen LogP contribution in [-0.2, 0) is 4.79 Å². The van der Waals surface area contributed by atoms with Gasteiger partial charge in [-0.3, -0.25) is 4.79 Å². The van der Waals surface area contributed by atoms with E-state index in [4.69, 9.17) is 16.7 Å². The maximum atomic E-state index is 11.0. The molecule has 1 aromatic carbocycles. The Morgan fingerprint density at radius 3 is 2.86 bits per heavy atom. The number of hydrogen-bond donors (Lipinski definition) is 2. The lowest BCUT2D eigenvalue weighted by molar-refractivity contribution is -0.119. The summed E-state index contributed by atoms with van der Waals surface area (Å²) in [6.07, 6.45) is 1.31. The molecule has 0 bridgehead atoms. The Morgan fingerprint density at radius 1 is 1.50 bits per heavy atom. The van der Waals surface area contributed by atoms with Gasteiger partial charge in [0.2, 0.25) is 5.91 Å². The molecule has 0 aliphatic carbocycles. The highest BCUT2D eigenvalue weighted by Crippen LogP contribution is 2.31. The maximum Gasteiger partial charge on any atom is 0.220 e. The summed E-state index contributed by atoms with van der Waals surface area (Å²) in [7, 11) is 0. The minimum absolute atomic E-state index is 0.00407. The van der Waals surface area contributed by atoms with Crippen molar-refractivity contribution < 1.29 is 9.90 Å². The number of phenols is 1. The minimum Gasteiger partial charge on any atom is -0.508 e. The van der Waals surface area contributed by atoms with Gasteiger partial charge in [0.15, 0.2) is 0 Å². The van der Waals surface area contributed by atoms with Gasteiger partial charge in [0.1, 0.15) is 5.75 Å². The van der Waals surface area contributed by atoms with Crippen LogP contribution in [0.1, 0.15) is 24.4 Å². The molecular weight excluding hydrogens is 202 g/mol. The van der Waals surface area contributed by atoms with Crippen LogP contribution in [0.3, 0.4) is 0 Å². The molecule has 1 fully saturated rings. The summed E-state index contributed by atoms with van der Waals surface area (Å²) in [6, 6.07) is 4.80. The van der Waals surface area contributed by atoms with E-state index in [9.17, 15) is 4.79 Å². The molecule has 1 unspecified atom stereocenters. The molecule has 0 saturated carbocycles. The Labute approximate surface area is 86.7 Å². The molecule has 3 nitrogen and oxygen atoms in total. The maximum absolute atomic E-state index is 11.0. The highest BCUT2D eigenvalue weighted by Gasteiger charge is 2.23. The van der Waals surface area contributed by atoms with Crippen LogP contribution in [0.15, 0.2) is 18.2 Å². The van der Waals surface area contributed by atoms with E-state index in [2.05, 4.69) is 5.32 Å². The molecule has 2 N–H and O–H groups in total. The third kappa shape index (κ3) is 1.68. The number of phenolic OH excluding ortho intramolecular Hbond substituents is 1. The van der Waals surface area contributed by atoms with Gasteiger partial charge in [-0.1, -0.05) is 17.7 Å². The zero-order chi connectivity index (χ0) is 10.1. The van der Waals surface area contributed by atoms with E-state index in [1.165, 1.54) is 6.07 Å². The van der Waals surface area contributed by atoms with Crippen molar-refractivity contribution in [3.8, 4) is 5.75 Å². The molecule has 1 aliphatic rings. The van der Waals surface area contributed by atoms with E-state index >= 15 is 0 Å². The quantitative estimate of drug-likeness (QED) is 0.747. The Morgan fingerprint density at radius 2 is 2.29 bits per heavy atom. The van der Waals surface area contributed by atoms with Crippen LogP contribution in [0.5, 0.6) is 5.75 Å². The largest absolute Gasteiger partial charge is 0.508 e. The van der Waals surface area contributed by atoms with Crippen LogP contribution in [0.2, 0.25) is 5.02 Å². The number of rotatable bonds is 1. The van der Waals surface area contributed by atoms with Crippen molar-refractivity contribution in [3.63, 3.8) is 0 Å². The lowest BCUT2D eigenvalue weighted by Crippen LogP contribution is -2.18. The Bertz CT molecular complexity index is 378. The molecule has 1 saturated heterocycles. The van der Waals surface area contributed by atoms with E-state index in [1.54, 1.807) is 12.1 Å². The van der Waals surface area contributed by atoms with Gasteiger partial charge in [0.25, 0.3) is 0 Å². The average molecular weight is 212 g/mol. The van der Waals surface area contributed by atoms with Gasteiger partial charge in [-0.05, 0) is 24.1 Å². The number of nitrogens with one attached hydrogen (secondary N) is 1. The highest BCUT2D eigenvalue weighted by atomic mass is 35.5. The van der Waals surface area contributed by atoms with E-state index in [0.717, 1.165) is 12.0 Å². The van der Waals surface area contributed by atoms with Crippen molar-refractivity contribution in [1.82, 2.24) is 5.32 Å². The molecular formula is C10H10ClNO2. The molecule has 1 aromatic rings. The van der Waals surface area contributed by atoms with E-state index < -0.39 is 0 Å². The van der Waals surface area contributed by atoms with E-state index in [1.807, 2.05) is 0 Å². The van der Waals surface area contributed by atoms with Crippen LogP contribution in [0, 0.1) is 0 Å². The Kier molecular flexibility index (Phi) is 2.33. The highest BCUT2D eigenvalue weighted by molar-refractivity contribution is 6.31. The van der Waals surface area contributed by atoms with Gasteiger partial charge in [-0.25, -0.2) is 0 Å². The summed E-state index contributed by atoms with van der Waals surface area (Å²) in [5.41, 5.74) is 0.871. The SMILES string of the molecule is O=C1CCC(c2ccc(O)cc2Cl)N1. The topological polar surface area (TPSA) is 49.3 Å². The fraction of sp³-hybridized carbons (Fsp3) is 0.300. The first-order valence-electron chi connectivity index (χ1n) is 4.44. The van der Waals surface area contributed by atoms with Gasteiger partial charge >= 0.3 is 0 Å². The molecule has 0 aromatic heterocycles. The number of carbonyl (C=O) groups is 1. The predicted octanol–water partition coefficient (Wildman–Crippen LogP) is 2.00. The number of benzene rings is 1. The summed E-state index contributed by atoms with van der Waals surface area (Å²) >= 11 is 5.95. The number of halogens is 1. The first-order valence-corrected chi connectivity index (χ1v) is 4.82. The molecule has 4 heteroatoms. The number of amides is 1. The molecule has 0 radical (unpaired) electrons. The molecule has 1 heterocycles. The van der Waals surface area contributed by atoms with Crippen LogP contribution in [0.4, 0.5) is 0 Å². The second kappa shape index (κ2) is 3.50. The molecule has 0 spiro atoms. The second-order valence-corrected chi connectivity index (χ2v) is 3.77. The normalized spacial score (nSPS) is 20.9. The van der Waals surface area contributed by atoms with Crippen molar-refractivity contribution in [1.29, 1.82) is 0 Å². The smallest absolute Gasteiger partial charge is 0.220 e. The molecule has 1 amide bonds. The number of hydrogen-bond acceptors (Lipinski definition) is 2. The van der Waals surface area contributed by atoms with Gasteiger partial charge in [0.05, 0.1) is 6.04 Å². The van der Waals surface area contributed by atoms with E-state index in [-0.39, 0.29) is 17.7 Å². The standard InChI is InChI=1S/C10H10ClNO2/c11-8-5-6(13)1-2-7(8)9-3-4-10(14)12-9/h1-2,5,9,13H,3-4H2,(H,12,14). The lowest BCUT2D eigenvalue weighted by atomic mass is 10.1. The van der Waals surface area contributed by atoms with Crippen molar-refractivity contribution in [2.24, 2.45) is 0 Å². The van der Waals surface area contributed by atoms with Crippen molar-refractivity contribution in [3.05, 3.63) is 28.8 Å². The second-order valence-electron chi connectivity index (χ2n) is 3.36. The summed E-state index contributed by atoms with van der Waals surface area (Å²) < 4.78 is 0. The van der Waals surface area contributed by atoms with Gasteiger partial charge in [-0.2, -0.15) is 0 Å². The zero-order valence-corrected chi connectivity index (χ0v) is 8.21. The monoisotopic (exact) mass is 211 g/mol. The molecule has 74 valence electrons. The number of aromatic hydroxyl groups is 1. The summed E-state index contributed by atoms with van der Waals surface area (Å²) in [5.74, 6) is 0.196. The van der Waals surface area contributed by atoms with Crippen LogP contribution in [0.25, 0.3) is 0 Å². The first-order chi connectivity index (χ1) is 6.66. The van der Waals surface area contributed by atoms with Crippen LogP contribution >= 0.6 is 11.6 Å². The average Bonchev–Trinajstić information content (AvgIpc) is 2.51. The molecule has 1 aliphatic heterocycles. The number of carbonyl (C=O) groups excluding carboxylic acids is 1. The lowest BCUT2D eigenvalue weighted by Gasteiger charge is -2.12. The fourth-order valence-corrected chi connectivity index (χ4v) is 1.95. The third-order valence-corrected chi connectivity index (χ3v) is 2.68. The van der Waals surface area contributed by atoms with Gasteiger partial charge in [0, 0.05) is 11.4 Å². The summed E-state index contributed by atoms with van der Waals surface area (Å²) in [6.45, 7) is 0. The third-order valence-electron chi connectivity index (χ3n) is 2.35. The predicted molar refractivity (Wildman–Crippen MR) is 53.2 cm³/mol. The van der Waals surface area contributed by atoms with Crippen LogP contribution in [-0.4, -0.2) is 11.0 Å². The fourth-order valence-electron chi connectivity index (χ4n) is 1.65. The van der Waals surface area contributed by atoms with Crippen molar-refractivity contribution in [2.45, 2.75) is 18.9 Å². The van der Waals surface area contributed by atoms with Gasteiger partial charge < -0.3 is 10.4 Å². The molecule has 14 heavy (non-hydrogen) atoms. The first kappa shape index (κ1) is 9.34. The van der Waals surface area contributed by atoms with E-state index in [0.29, 0.717) is 11.4 Å². The van der Waals surface area contributed by atoms with Crippen molar-refractivity contribution >= 4 is 17.5 Å². The molecule has 1 atom stereocenters.